The molecule has 0 saturated carbocycles. The Kier molecular flexibility index (Phi) is 10.9. The highest BCUT2D eigenvalue weighted by Gasteiger charge is 2.31. The van der Waals surface area contributed by atoms with Gasteiger partial charge in [-0.25, -0.2) is 4.98 Å². The molecule has 4 unspecified atom stereocenters. The summed E-state index contributed by atoms with van der Waals surface area (Å²) >= 11 is 1.44. The smallest absolute Gasteiger partial charge is 0.322 e. The first-order valence-electron chi connectivity index (χ1n) is 9.15. The zero-order valence-electron chi connectivity index (χ0n) is 16.8. The molecule has 13 heteroatoms. The number of nitrogens with one attached hydrogen (secondary N) is 4. The number of aromatic amines is 1. The van der Waals surface area contributed by atoms with Gasteiger partial charge < -0.3 is 36.9 Å². The molecule has 0 aliphatic carbocycles. The molecule has 1 aromatic rings. The fourth-order valence-electron chi connectivity index (χ4n) is 2.44. The number of H-pyrrole nitrogens is 1. The third-order valence-electron chi connectivity index (χ3n) is 4.05. The van der Waals surface area contributed by atoms with Gasteiger partial charge in [-0.1, -0.05) is 0 Å². The minimum absolute atomic E-state index is 0.147. The molecule has 4 atom stereocenters. The van der Waals surface area contributed by atoms with Gasteiger partial charge in [-0.2, -0.15) is 11.8 Å². The van der Waals surface area contributed by atoms with Gasteiger partial charge in [-0.15, -0.1) is 0 Å². The van der Waals surface area contributed by atoms with Gasteiger partial charge in [0, 0.05) is 18.3 Å². The van der Waals surface area contributed by atoms with E-state index in [9.17, 15) is 24.3 Å². The number of carbonyl (C=O) groups is 4. The number of aromatic nitrogens is 2. The van der Waals surface area contributed by atoms with Crippen molar-refractivity contribution < 1.29 is 29.4 Å². The van der Waals surface area contributed by atoms with E-state index in [0.29, 0.717) is 11.4 Å². The molecule has 168 valence electrons. The lowest BCUT2D eigenvalue weighted by molar-refractivity contribution is -0.138. The fraction of sp³-hybridized carbons (Fsp3) is 0.588. The van der Waals surface area contributed by atoms with E-state index in [-0.39, 0.29) is 12.8 Å². The maximum Gasteiger partial charge on any atom is 0.322 e. The quantitative estimate of drug-likeness (QED) is 0.173. The summed E-state index contributed by atoms with van der Waals surface area (Å²) in [6, 6.07) is -3.37. The summed E-state index contributed by atoms with van der Waals surface area (Å²) in [5.41, 5.74) is 6.47. The summed E-state index contributed by atoms with van der Waals surface area (Å²) < 4.78 is 0. The molecule has 3 amide bonds. The predicted molar refractivity (Wildman–Crippen MR) is 109 cm³/mol. The zero-order chi connectivity index (χ0) is 22.7. The highest BCUT2D eigenvalue weighted by atomic mass is 32.2. The van der Waals surface area contributed by atoms with Crippen LogP contribution in [-0.4, -0.2) is 86.7 Å². The number of imidazole rings is 1. The Labute approximate surface area is 177 Å². The van der Waals surface area contributed by atoms with Crippen LogP contribution in [0.3, 0.4) is 0 Å². The molecule has 0 fully saturated rings. The van der Waals surface area contributed by atoms with Crippen molar-refractivity contribution in [3.8, 4) is 0 Å². The van der Waals surface area contributed by atoms with Crippen LogP contribution in [0.15, 0.2) is 12.5 Å². The average Bonchev–Trinajstić information content (AvgIpc) is 3.19. The molecule has 0 saturated heterocycles. The largest absolute Gasteiger partial charge is 0.480 e. The molecule has 0 aromatic carbocycles. The molecule has 0 spiro atoms. The van der Waals surface area contributed by atoms with Crippen molar-refractivity contribution in [3.05, 3.63) is 18.2 Å². The second-order valence-corrected chi connectivity index (χ2v) is 7.55. The highest BCUT2D eigenvalue weighted by molar-refractivity contribution is 7.98. The van der Waals surface area contributed by atoms with Crippen LogP contribution in [0.25, 0.3) is 0 Å². The van der Waals surface area contributed by atoms with Gasteiger partial charge in [-0.3, -0.25) is 19.2 Å². The Balaban J connectivity index is 2.77. The van der Waals surface area contributed by atoms with Crippen molar-refractivity contribution in [1.29, 1.82) is 0 Å². The standard InChI is InChI=1S/C17H28N6O6S/c1-9(24)14(23-15(27)11(18)5-10-6-19-8-21-10)17(29)22-12(3-4-30-2)16(28)20-7-13(25)26/h6,8-9,11-12,14,24H,3-5,7,18H2,1-2H3,(H,19,21)(H,20,28)(H,22,29)(H,23,27)(H,25,26). The number of rotatable bonds is 13. The van der Waals surface area contributed by atoms with E-state index in [1.165, 1.54) is 31.2 Å². The third-order valence-corrected chi connectivity index (χ3v) is 4.70. The van der Waals surface area contributed by atoms with Gasteiger partial charge in [0.05, 0.1) is 18.5 Å². The molecule has 1 aromatic heterocycles. The zero-order valence-corrected chi connectivity index (χ0v) is 17.6. The van der Waals surface area contributed by atoms with E-state index < -0.39 is 54.5 Å². The van der Waals surface area contributed by atoms with E-state index in [1.807, 2.05) is 6.26 Å². The molecule has 8 N–H and O–H groups in total. The number of thioether (sulfide) groups is 1. The number of nitrogens with zero attached hydrogens (tertiary/aromatic N) is 1. The van der Waals surface area contributed by atoms with E-state index in [2.05, 4.69) is 25.9 Å². The summed E-state index contributed by atoms with van der Waals surface area (Å²) in [6.07, 6.45) is 3.88. The summed E-state index contributed by atoms with van der Waals surface area (Å²) in [5, 5.41) is 25.7. The second kappa shape index (κ2) is 12.8. The van der Waals surface area contributed by atoms with Gasteiger partial charge >= 0.3 is 5.97 Å². The van der Waals surface area contributed by atoms with Crippen LogP contribution in [0.1, 0.15) is 19.0 Å². The number of hydrogen-bond acceptors (Lipinski definition) is 8. The Morgan fingerprint density at radius 1 is 1.23 bits per heavy atom. The molecule has 0 aliphatic rings. The Morgan fingerprint density at radius 2 is 1.93 bits per heavy atom. The lowest BCUT2D eigenvalue weighted by Crippen LogP contribution is -2.59. The van der Waals surface area contributed by atoms with Crippen molar-refractivity contribution in [2.45, 2.75) is 44.0 Å². The van der Waals surface area contributed by atoms with Gasteiger partial charge in [0.2, 0.25) is 17.7 Å². The van der Waals surface area contributed by atoms with Crippen LogP contribution in [-0.2, 0) is 25.6 Å². The van der Waals surface area contributed by atoms with Crippen LogP contribution in [0.2, 0.25) is 0 Å². The van der Waals surface area contributed by atoms with Gasteiger partial charge in [0.15, 0.2) is 0 Å². The molecule has 0 bridgehead atoms. The number of aliphatic hydroxyl groups excluding tert-OH is 1. The third kappa shape index (κ3) is 8.80. The first-order valence-corrected chi connectivity index (χ1v) is 10.5. The van der Waals surface area contributed by atoms with Crippen LogP contribution in [0, 0.1) is 0 Å². The van der Waals surface area contributed by atoms with Crippen molar-refractivity contribution >= 4 is 35.5 Å². The molecular weight excluding hydrogens is 416 g/mol. The SMILES string of the molecule is CSCCC(NC(=O)C(NC(=O)C(N)Cc1cnc[nH]1)C(C)O)C(=O)NCC(=O)O. The summed E-state index contributed by atoms with van der Waals surface area (Å²) in [5.74, 6) is -2.83. The van der Waals surface area contributed by atoms with Crippen molar-refractivity contribution in [1.82, 2.24) is 25.9 Å². The lowest BCUT2D eigenvalue weighted by atomic mass is 10.1. The Hall–Kier alpha value is -2.64. The van der Waals surface area contributed by atoms with Crippen molar-refractivity contribution in [3.63, 3.8) is 0 Å². The molecular formula is C17H28N6O6S. The number of carboxylic acids is 1. The second-order valence-electron chi connectivity index (χ2n) is 6.57. The minimum Gasteiger partial charge on any atom is -0.480 e. The van der Waals surface area contributed by atoms with Gasteiger partial charge in [-0.05, 0) is 25.4 Å². The molecule has 1 heterocycles. The minimum atomic E-state index is -1.35. The Morgan fingerprint density at radius 3 is 2.47 bits per heavy atom. The maximum atomic E-state index is 12.6. The molecule has 1 rings (SSSR count). The number of carboxylic acid groups (broad SMARTS) is 1. The maximum absolute atomic E-state index is 12.6. The average molecular weight is 445 g/mol. The van der Waals surface area contributed by atoms with E-state index >= 15 is 0 Å². The highest BCUT2D eigenvalue weighted by Crippen LogP contribution is 2.04. The first kappa shape index (κ1) is 25.4. The van der Waals surface area contributed by atoms with Crippen LogP contribution in [0.4, 0.5) is 0 Å². The fourth-order valence-corrected chi connectivity index (χ4v) is 2.91. The molecule has 12 nitrogen and oxygen atoms in total. The van der Waals surface area contributed by atoms with E-state index in [1.54, 1.807) is 0 Å². The molecule has 0 radical (unpaired) electrons. The Bertz CT molecular complexity index is 714. The monoisotopic (exact) mass is 444 g/mol. The normalized spacial score (nSPS) is 14.8. The van der Waals surface area contributed by atoms with Crippen LogP contribution < -0.4 is 21.7 Å². The van der Waals surface area contributed by atoms with Crippen LogP contribution in [0.5, 0.6) is 0 Å². The summed E-state index contributed by atoms with van der Waals surface area (Å²) in [6.45, 7) is 0.718. The number of hydrogen-bond donors (Lipinski definition) is 7. The van der Waals surface area contributed by atoms with Crippen LogP contribution >= 0.6 is 11.8 Å². The number of nitrogens with two attached hydrogens (primary N) is 1. The van der Waals surface area contributed by atoms with Gasteiger partial charge in [0.1, 0.15) is 18.6 Å². The van der Waals surface area contributed by atoms with Crippen molar-refractivity contribution in [2.75, 3.05) is 18.6 Å². The van der Waals surface area contributed by atoms with E-state index in [4.69, 9.17) is 10.8 Å². The number of aliphatic carboxylic acids is 1. The topological polar surface area (TPSA) is 200 Å². The summed E-state index contributed by atoms with van der Waals surface area (Å²) in [4.78, 5) is 54.5. The van der Waals surface area contributed by atoms with Gasteiger partial charge in [0.25, 0.3) is 0 Å². The van der Waals surface area contributed by atoms with Crippen molar-refractivity contribution in [2.24, 2.45) is 5.73 Å². The number of aliphatic hydroxyl groups is 1. The van der Waals surface area contributed by atoms with E-state index in [0.717, 1.165) is 0 Å². The summed E-state index contributed by atoms with van der Waals surface area (Å²) in [7, 11) is 0. The lowest BCUT2D eigenvalue weighted by Gasteiger charge is -2.25. The molecule has 30 heavy (non-hydrogen) atoms. The number of carbonyl (C=O) groups excluding carboxylic acids is 3. The predicted octanol–water partition coefficient (Wildman–Crippen LogP) is -2.42. The first-order chi connectivity index (χ1) is 14.1. The molecule has 0 aliphatic heterocycles. The number of amides is 3.